The van der Waals surface area contributed by atoms with Gasteiger partial charge in [-0.15, -0.1) is 0 Å². The number of hydrogen-bond acceptors (Lipinski definition) is 2. The first kappa shape index (κ1) is 27.4. The zero-order chi connectivity index (χ0) is 32.2. The molecule has 0 fully saturated rings. The Labute approximate surface area is 277 Å². The summed E-state index contributed by atoms with van der Waals surface area (Å²) in [6.45, 7) is 0. The van der Waals surface area contributed by atoms with Crippen LogP contribution in [0.25, 0.3) is 77.2 Å². The summed E-state index contributed by atoms with van der Waals surface area (Å²) in [5.74, 6) is 0. The van der Waals surface area contributed by atoms with E-state index < -0.39 is 0 Å². The summed E-state index contributed by atoms with van der Waals surface area (Å²) >= 11 is 0. The summed E-state index contributed by atoms with van der Waals surface area (Å²) in [4.78, 5) is 0. The molecular formula is C44H26N4. The molecule has 4 heteroatoms. The lowest BCUT2D eigenvalue weighted by atomic mass is 9.94. The van der Waals surface area contributed by atoms with Gasteiger partial charge in [0, 0.05) is 38.4 Å². The van der Waals surface area contributed by atoms with Crippen LogP contribution in [0, 0.1) is 22.7 Å². The Morgan fingerprint density at radius 1 is 0.396 bits per heavy atom. The molecule has 0 atom stereocenters. The Kier molecular flexibility index (Phi) is 6.22. The van der Waals surface area contributed by atoms with Gasteiger partial charge in [-0.3, -0.25) is 0 Å². The van der Waals surface area contributed by atoms with Crippen LogP contribution in [0.2, 0.25) is 0 Å². The van der Waals surface area contributed by atoms with Gasteiger partial charge in [0.15, 0.2) is 0 Å². The van der Waals surface area contributed by atoms with Gasteiger partial charge in [-0.2, -0.15) is 10.5 Å². The first-order chi connectivity index (χ1) is 23.7. The maximum atomic E-state index is 10.5. The molecule has 0 aliphatic carbocycles. The highest BCUT2D eigenvalue weighted by molar-refractivity contribution is 6.12. The van der Waals surface area contributed by atoms with Crippen LogP contribution >= 0.6 is 0 Å². The molecule has 0 aliphatic heterocycles. The predicted molar refractivity (Wildman–Crippen MR) is 195 cm³/mol. The van der Waals surface area contributed by atoms with E-state index in [0.717, 1.165) is 55.4 Å². The molecule has 2 heterocycles. The van der Waals surface area contributed by atoms with Crippen LogP contribution in [-0.2, 0) is 0 Å². The minimum Gasteiger partial charge on any atom is -0.309 e. The number of rotatable bonds is 4. The molecule has 7 aromatic carbocycles. The fourth-order valence-electron chi connectivity index (χ4n) is 7.32. The first-order valence-electron chi connectivity index (χ1n) is 15.9. The van der Waals surface area contributed by atoms with Crippen molar-refractivity contribution in [2.45, 2.75) is 0 Å². The van der Waals surface area contributed by atoms with E-state index in [1.165, 1.54) is 21.8 Å². The van der Waals surface area contributed by atoms with Crippen molar-refractivity contribution >= 4 is 43.6 Å². The van der Waals surface area contributed by atoms with Gasteiger partial charge in [-0.05, 0) is 65.7 Å². The zero-order valence-corrected chi connectivity index (χ0v) is 25.8. The van der Waals surface area contributed by atoms with Crippen LogP contribution in [0.1, 0.15) is 11.1 Å². The zero-order valence-electron chi connectivity index (χ0n) is 25.8. The van der Waals surface area contributed by atoms with Gasteiger partial charge in [0.2, 0.25) is 0 Å². The monoisotopic (exact) mass is 610 g/mol. The average molecular weight is 611 g/mol. The van der Waals surface area contributed by atoms with Crippen LogP contribution in [0.3, 0.4) is 0 Å². The predicted octanol–water partition coefficient (Wildman–Crippen LogP) is 11.0. The van der Waals surface area contributed by atoms with Crippen molar-refractivity contribution < 1.29 is 0 Å². The molecule has 0 N–H and O–H groups in total. The average Bonchev–Trinajstić information content (AvgIpc) is 3.68. The van der Waals surface area contributed by atoms with E-state index in [4.69, 9.17) is 0 Å². The molecule has 0 radical (unpaired) electrons. The maximum absolute atomic E-state index is 10.5. The van der Waals surface area contributed by atoms with E-state index in [-0.39, 0.29) is 0 Å². The Hall–Kier alpha value is -6.88. The van der Waals surface area contributed by atoms with Gasteiger partial charge in [0.05, 0.1) is 51.0 Å². The van der Waals surface area contributed by atoms with Crippen LogP contribution in [0.5, 0.6) is 0 Å². The minimum atomic E-state index is 0.602. The van der Waals surface area contributed by atoms with Gasteiger partial charge < -0.3 is 9.13 Å². The third kappa shape index (κ3) is 4.07. The second-order valence-electron chi connectivity index (χ2n) is 12.0. The smallest absolute Gasteiger partial charge is 0.0998 e. The van der Waals surface area contributed by atoms with Crippen LogP contribution in [0.15, 0.2) is 158 Å². The molecule has 0 saturated heterocycles. The van der Waals surface area contributed by atoms with E-state index in [2.05, 4.69) is 137 Å². The van der Waals surface area contributed by atoms with E-state index >= 15 is 0 Å². The molecule has 0 aliphatic rings. The van der Waals surface area contributed by atoms with Gasteiger partial charge in [-0.1, -0.05) is 103 Å². The van der Waals surface area contributed by atoms with Gasteiger partial charge in [0.1, 0.15) is 0 Å². The summed E-state index contributed by atoms with van der Waals surface area (Å²) in [7, 11) is 0. The third-order valence-corrected chi connectivity index (χ3v) is 9.43. The fourth-order valence-corrected chi connectivity index (χ4v) is 7.32. The van der Waals surface area contributed by atoms with E-state index in [9.17, 15) is 10.5 Å². The molecule has 0 amide bonds. The molecule has 0 saturated carbocycles. The first-order valence-corrected chi connectivity index (χ1v) is 15.9. The SMILES string of the molecule is N#Cc1cc(-c2ccc(-n3c4ccccc4c4ccccc43)cc2)ccc1-c1ccccc1-n1c2ccccc2c2c(C#N)cccc21. The quantitative estimate of drug-likeness (QED) is 0.199. The van der Waals surface area contributed by atoms with Crippen LogP contribution in [-0.4, -0.2) is 9.13 Å². The van der Waals surface area contributed by atoms with Crippen molar-refractivity contribution in [3.63, 3.8) is 0 Å². The van der Waals surface area contributed by atoms with Crippen molar-refractivity contribution in [3.05, 3.63) is 169 Å². The molecule has 222 valence electrons. The molecule has 2 aromatic heterocycles. The lowest BCUT2D eigenvalue weighted by molar-refractivity contribution is 1.18. The Balaban J connectivity index is 1.15. The summed E-state index contributed by atoms with van der Waals surface area (Å²) in [5, 5.41) is 24.8. The number of fused-ring (bicyclic) bond motifs is 6. The van der Waals surface area contributed by atoms with E-state index in [1.807, 2.05) is 42.5 Å². The van der Waals surface area contributed by atoms with Crippen LogP contribution in [0.4, 0.5) is 0 Å². The minimum absolute atomic E-state index is 0.602. The number of benzene rings is 7. The number of nitrogens with zero attached hydrogens (tertiary/aromatic N) is 4. The summed E-state index contributed by atoms with van der Waals surface area (Å²) in [5.41, 5.74) is 11.5. The maximum Gasteiger partial charge on any atom is 0.0998 e. The van der Waals surface area contributed by atoms with Crippen molar-refractivity contribution in [2.24, 2.45) is 0 Å². The molecule has 9 aromatic rings. The molecule has 0 unspecified atom stereocenters. The molecular weight excluding hydrogens is 585 g/mol. The Morgan fingerprint density at radius 3 is 1.65 bits per heavy atom. The lowest BCUT2D eigenvalue weighted by Crippen LogP contribution is -1.98. The number of nitriles is 2. The molecule has 0 spiro atoms. The third-order valence-electron chi connectivity index (χ3n) is 9.43. The van der Waals surface area contributed by atoms with E-state index in [1.54, 1.807) is 0 Å². The summed E-state index contributed by atoms with van der Waals surface area (Å²) in [6, 6.07) is 58.9. The van der Waals surface area contributed by atoms with Gasteiger partial charge in [-0.25, -0.2) is 0 Å². The summed E-state index contributed by atoms with van der Waals surface area (Å²) in [6.07, 6.45) is 0. The van der Waals surface area contributed by atoms with Crippen LogP contribution < -0.4 is 0 Å². The molecule has 48 heavy (non-hydrogen) atoms. The lowest BCUT2D eigenvalue weighted by Gasteiger charge is -2.16. The standard InChI is InChI=1S/C44H26N4/c45-27-31-10-9-19-43-44(31)38-14-4-8-18-42(38)48(43)41-17-7-1-11-35(41)34-25-22-30(26-32(34)28-46)29-20-23-33(24-21-29)47-39-15-5-2-12-36(39)37-13-3-6-16-40(37)47/h1-26H. The largest absolute Gasteiger partial charge is 0.309 e. The highest BCUT2D eigenvalue weighted by Gasteiger charge is 2.19. The Bertz CT molecular complexity index is 2750. The van der Waals surface area contributed by atoms with Crippen molar-refractivity contribution in [2.75, 3.05) is 0 Å². The van der Waals surface area contributed by atoms with Gasteiger partial charge in [0.25, 0.3) is 0 Å². The van der Waals surface area contributed by atoms with E-state index in [0.29, 0.717) is 11.1 Å². The molecule has 0 bridgehead atoms. The molecule has 9 rings (SSSR count). The topological polar surface area (TPSA) is 57.4 Å². The highest BCUT2D eigenvalue weighted by atomic mass is 15.0. The number of para-hydroxylation sites is 4. The normalized spacial score (nSPS) is 11.3. The molecule has 4 nitrogen and oxygen atoms in total. The fraction of sp³-hybridized carbons (Fsp3) is 0. The van der Waals surface area contributed by atoms with Crippen molar-refractivity contribution in [1.29, 1.82) is 10.5 Å². The summed E-state index contributed by atoms with van der Waals surface area (Å²) < 4.78 is 4.52. The second-order valence-corrected chi connectivity index (χ2v) is 12.0. The van der Waals surface area contributed by atoms with Crippen molar-refractivity contribution in [1.82, 2.24) is 9.13 Å². The Morgan fingerprint density at radius 2 is 0.958 bits per heavy atom. The number of aromatic nitrogens is 2. The van der Waals surface area contributed by atoms with Crippen molar-refractivity contribution in [3.8, 4) is 45.8 Å². The van der Waals surface area contributed by atoms with Gasteiger partial charge >= 0.3 is 0 Å². The number of hydrogen-bond donors (Lipinski definition) is 0. The second kappa shape index (κ2) is 10.9. The highest BCUT2D eigenvalue weighted by Crippen LogP contribution is 2.39.